The van der Waals surface area contributed by atoms with Gasteiger partial charge < -0.3 is 0 Å². The Balaban J connectivity index is 2.45. The summed E-state index contributed by atoms with van der Waals surface area (Å²) < 4.78 is 0. The molecule has 0 saturated heterocycles. The van der Waals surface area contributed by atoms with Crippen LogP contribution in [0, 0.1) is 0 Å². The molecule has 0 heterocycles. The average molecular weight is 161 g/mol. The van der Waals surface area contributed by atoms with Gasteiger partial charge in [0.05, 0.1) is 0 Å². The molecule has 0 aromatic rings. The zero-order valence-electron chi connectivity index (χ0n) is 5.28. The van der Waals surface area contributed by atoms with Crippen molar-refractivity contribution in [2.45, 2.75) is 37.1 Å². The van der Waals surface area contributed by atoms with E-state index < -0.39 is 0 Å². The van der Waals surface area contributed by atoms with Crippen LogP contribution >= 0.6 is 0 Å². The van der Waals surface area contributed by atoms with E-state index >= 15 is 0 Å². The van der Waals surface area contributed by atoms with Gasteiger partial charge in [-0.25, -0.2) is 0 Å². The van der Waals surface area contributed by atoms with Crippen molar-refractivity contribution in [2.75, 3.05) is 0 Å². The Morgan fingerprint density at radius 1 is 1.00 bits per heavy atom. The summed E-state index contributed by atoms with van der Waals surface area (Å²) in [6.07, 6.45) is 2.81. The second-order valence-electron chi connectivity index (χ2n) is 1.67. The van der Waals surface area contributed by atoms with Gasteiger partial charge in [0.2, 0.25) is 0 Å². The first-order valence-corrected chi connectivity index (χ1v) is 5.70. The van der Waals surface area contributed by atoms with Crippen molar-refractivity contribution in [3.05, 3.63) is 0 Å². The summed E-state index contributed by atoms with van der Waals surface area (Å²) in [5, 5.41) is 3.04. The summed E-state index contributed by atoms with van der Waals surface area (Å²) in [6, 6.07) is 0. The van der Waals surface area contributed by atoms with Crippen LogP contribution in [0.25, 0.3) is 0 Å². The van der Waals surface area contributed by atoms with E-state index in [-0.39, 0.29) is 0 Å². The number of hydrogen-bond acceptors (Lipinski definition) is 0. The molecule has 0 fully saturated rings. The maximum absolute atomic E-state index is 2.27. The summed E-state index contributed by atoms with van der Waals surface area (Å²) >= 11 is 0.745. The van der Waals surface area contributed by atoms with Crippen molar-refractivity contribution >= 4 is 15.8 Å². The standard InChI is InChI=1S/C6H14As/c1-3-5-7-6-4-2/h3-6H2,1-2H3. The summed E-state index contributed by atoms with van der Waals surface area (Å²) in [5.74, 6) is 0. The molecule has 0 aliphatic rings. The van der Waals surface area contributed by atoms with Crippen LogP contribution in [-0.2, 0) is 0 Å². The van der Waals surface area contributed by atoms with Crippen LogP contribution in [0.3, 0.4) is 0 Å². The van der Waals surface area contributed by atoms with Crippen LogP contribution < -0.4 is 0 Å². The number of hydrogen-bond donors (Lipinski definition) is 0. The van der Waals surface area contributed by atoms with Gasteiger partial charge in [-0.2, -0.15) is 0 Å². The van der Waals surface area contributed by atoms with Gasteiger partial charge in [-0.05, 0) is 0 Å². The van der Waals surface area contributed by atoms with E-state index in [4.69, 9.17) is 0 Å². The molecule has 0 nitrogen and oxygen atoms in total. The molecule has 0 saturated carbocycles. The van der Waals surface area contributed by atoms with Crippen LogP contribution in [0.15, 0.2) is 0 Å². The molecular formula is C6H14As. The molecule has 0 spiro atoms. The normalized spacial score (nSPS) is 9.43. The van der Waals surface area contributed by atoms with E-state index in [1.165, 1.54) is 23.3 Å². The van der Waals surface area contributed by atoms with Crippen molar-refractivity contribution in [3.63, 3.8) is 0 Å². The van der Waals surface area contributed by atoms with Gasteiger partial charge >= 0.3 is 52.9 Å². The van der Waals surface area contributed by atoms with Crippen molar-refractivity contribution in [1.29, 1.82) is 0 Å². The molecule has 7 heavy (non-hydrogen) atoms. The Hall–Kier alpha value is 0.558. The monoisotopic (exact) mass is 161 g/mol. The molecular weight excluding hydrogens is 147 g/mol. The van der Waals surface area contributed by atoms with Gasteiger partial charge in [0.1, 0.15) is 0 Å². The van der Waals surface area contributed by atoms with Gasteiger partial charge in [0.15, 0.2) is 0 Å². The van der Waals surface area contributed by atoms with Crippen LogP contribution in [-0.4, -0.2) is 15.8 Å². The Kier molecular flexibility index (Phi) is 7.08. The molecule has 0 N–H and O–H groups in total. The molecule has 1 radical (unpaired) electrons. The molecule has 1 heteroatoms. The van der Waals surface area contributed by atoms with Gasteiger partial charge in [-0.1, -0.05) is 0 Å². The molecule has 0 amide bonds. The maximum atomic E-state index is 2.27. The Bertz CT molecular complexity index is 23.4. The average Bonchev–Trinajstić information content (AvgIpc) is 1.69. The van der Waals surface area contributed by atoms with Gasteiger partial charge in [-0.3, -0.25) is 0 Å². The van der Waals surface area contributed by atoms with E-state index in [9.17, 15) is 0 Å². The topological polar surface area (TPSA) is 0 Å². The Morgan fingerprint density at radius 3 is 1.71 bits per heavy atom. The molecule has 0 bridgehead atoms. The summed E-state index contributed by atoms with van der Waals surface area (Å²) in [4.78, 5) is 0. The van der Waals surface area contributed by atoms with Gasteiger partial charge in [0.25, 0.3) is 0 Å². The quantitative estimate of drug-likeness (QED) is 0.438. The van der Waals surface area contributed by atoms with Crippen LogP contribution in [0.4, 0.5) is 0 Å². The SMILES string of the molecule is CCC[As]CCC. The first kappa shape index (κ1) is 7.56. The first-order valence-electron chi connectivity index (χ1n) is 3.05. The minimum atomic E-state index is 0.745. The second kappa shape index (κ2) is 6.56. The third-order valence-electron chi connectivity index (χ3n) is 0.763. The Morgan fingerprint density at radius 2 is 1.43 bits per heavy atom. The van der Waals surface area contributed by atoms with E-state index in [0.717, 1.165) is 15.8 Å². The van der Waals surface area contributed by atoms with Crippen LogP contribution in [0.2, 0.25) is 10.4 Å². The molecule has 0 aromatic heterocycles. The predicted molar refractivity (Wildman–Crippen MR) is 35.9 cm³/mol. The molecule has 0 aromatic carbocycles. The van der Waals surface area contributed by atoms with Crippen LogP contribution in [0.1, 0.15) is 26.7 Å². The Labute approximate surface area is 53.4 Å². The summed E-state index contributed by atoms with van der Waals surface area (Å²) in [6.45, 7) is 4.54. The van der Waals surface area contributed by atoms with Crippen molar-refractivity contribution in [1.82, 2.24) is 0 Å². The number of rotatable bonds is 4. The molecule has 43 valence electrons. The fourth-order valence-corrected chi connectivity index (χ4v) is 2.22. The fraction of sp³-hybridized carbons (Fsp3) is 1.00. The van der Waals surface area contributed by atoms with Crippen molar-refractivity contribution in [3.8, 4) is 0 Å². The second-order valence-corrected chi connectivity index (χ2v) is 4.49. The van der Waals surface area contributed by atoms with Crippen molar-refractivity contribution in [2.24, 2.45) is 0 Å². The van der Waals surface area contributed by atoms with Crippen LogP contribution in [0.5, 0.6) is 0 Å². The first-order chi connectivity index (χ1) is 3.41. The predicted octanol–water partition coefficient (Wildman–Crippen LogP) is 2.35. The minimum absolute atomic E-state index is 0.745. The summed E-state index contributed by atoms with van der Waals surface area (Å²) in [5.41, 5.74) is 0. The third-order valence-corrected chi connectivity index (χ3v) is 3.97. The molecule has 0 aliphatic carbocycles. The van der Waals surface area contributed by atoms with Crippen molar-refractivity contribution < 1.29 is 0 Å². The molecule has 0 atom stereocenters. The zero-order valence-corrected chi connectivity index (χ0v) is 7.15. The van der Waals surface area contributed by atoms with Gasteiger partial charge in [0, 0.05) is 0 Å². The molecule has 0 aliphatic heterocycles. The summed E-state index contributed by atoms with van der Waals surface area (Å²) in [7, 11) is 0. The van der Waals surface area contributed by atoms with Gasteiger partial charge in [-0.15, -0.1) is 0 Å². The van der Waals surface area contributed by atoms with E-state index in [1.807, 2.05) is 0 Å². The van der Waals surface area contributed by atoms with E-state index in [0.29, 0.717) is 0 Å². The molecule has 0 unspecified atom stereocenters. The van der Waals surface area contributed by atoms with E-state index in [1.54, 1.807) is 0 Å². The third kappa shape index (κ3) is 6.56. The van der Waals surface area contributed by atoms with E-state index in [2.05, 4.69) is 13.8 Å². The molecule has 0 rings (SSSR count). The zero-order chi connectivity index (χ0) is 5.54. The fourth-order valence-electron chi connectivity index (χ4n) is 0.428.